The molecule has 0 bridgehead atoms. The van der Waals surface area contributed by atoms with Gasteiger partial charge in [-0.1, -0.05) is 0 Å². The highest BCUT2D eigenvalue weighted by molar-refractivity contribution is 7.81. The number of benzene rings is 1. The number of nitrogens with zero attached hydrogens (tertiary/aromatic N) is 2. The predicted molar refractivity (Wildman–Crippen MR) is 72.2 cm³/mol. The van der Waals surface area contributed by atoms with Crippen molar-refractivity contribution in [1.29, 1.82) is 5.26 Å². The van der Waals surface area contributed by atoms with Crippen LogP contribution in [0.5, 0.6) is 0 Å². The van der Waals surface area contributed by atoms with Gasteiger partial charge in [-0.25, -0.2) is 4.79 Å². The molecule has 0 spiro atoms. The average molecular weight is 276 g/mol. The van der Waals surface area contributed by atoms with Crippen molar-refractivity contribution in [2.24, 2.45) is 0 Å². The second-order valence-corrected chi connectivity index (χ2v) is 4.93. The minimum Gasteiger partial charge on any atom is -0.465 e. The Hall–Kier alpha value is -2.00. The van der Waals surface area contributed by atoms with Gasteiger partial charge in [-0.3, -0.25) is 4.79 Å². The summed E-state index contributed by atoms with van der Waals surface area (Å²) in [6.07, 6.45) is 0.354. The molecule has 0 N–H and O–H groups in total. The molecule has 1 amide bonds. The number of methoxy groups -OCH3 is 1. The summed E-state index contributed by atoms with van der Waals surface area (Å²) in [7, 11) is 1.28. The first-order valence-electron chi connectivity index (χ1n) is 5.67. The molecule has 1 saturated heterocycles. The molecule has 2 rings (SSSR count). The van der Waals surface area contributed by atoms with Gasteiger partial charge in [-0.2, -0.15) is 17.9 Å². The van der Waals surface area contributed by atoms with Crippen molar-refractivity contribution in [3.63, 3.8) is 0 Å². The zero-order valence-electron chi connectivity index (χ0n) is 10.3. The largest absolute Gasteiger partial charge is 0.465 e. The summed E-state index contributed by atoms with van der Waals surface area (Å²) in [4.78, 5) is 24.7. The van der Waals surface area contributed by atoms with Gasteiger partial charge in [0.25, 0.3) is 0 Å². The third kappa shape index (κ3) is 2.56. The number of hydrogen-bond donors (Lipinski definition) is 1. The van der Waals surface area contributed by atoms with Gasteiger partial charge < -0.3 is 9.64 Å². The van der Waals surface area contributed by atoms with E-state index in [0.717, 1.165) is 0 Å². The Morgan fingerprint density at radius 3 is 2.84 bits per heavy atom. The maximum Gasteiger partial charge on any atom is 0.337 e. The third-order valence-corrected chi connectivity index (χ3v) is 3.28. The van der Waals surface area contributed by atoms with Crippen molar-refractivity contribution >= 4 is 30.2 Å². The number of carbonyl (C=O) groups excluding carboxylic acids is 2. The Balaban J connectivity index is 2.40. The van der Waals surface area contributed by atoms with Crippen LogP contribution in [0.4, 0.5) is 5.69 Å². The molecular weight excluding hydrogens is 264 g/mol. The first-order chi connectivity index (χ1) is 9.06. The van der Waals surface area contributed by atoms with Crippen molar-refractivity contribution < 1.29 is 14.3 Å². The molecular formula is C13H12N2O3S. The fourth-order valence-corrected chi connectivity index (χ4v) is 2.35. The minimum absolute atomic E-state index is 0.0284. The Labute approximate surface area is 116 Å². The van der Waals surface area contributed by atoms with Crippen LogP contribution in [0.15, 0.2) is 18.2 Å². The lowest BCUT2D eigenvalue weighted by molar-refractivity contribution is -0.117. The first kappa shape index (κ1) is 13.4. The van der Waals surface area contributed by atoms with Crippen LogP contribution in [0.1, 0.15) is 22.3 Å². The smallest absolute Gasteiger partial charge is 0.337 e. The van der Waals surface area contributed by atoms with Gasteiger partial charge in [0.2, 0.25) is 5.91 Å². The van der Waals surface area contributed by atoms with E-state index in [-0.39, 0.29) is 22.3 Å². The second kappa shape index (κ2) is 5.33. The molecule has 1 atom stereocenters. The third-order valence-electron chi connectivity index (χ3n) is 2.93. The van der Waals surface area contributed by atoms with Crippen LogP contribution < -0.4 is 4.90 Å². The molecule has 1 aromatic rings. The number of nitriles is 1. The molecule has 1 unspecified atom stereocenters. The van der Waals surface area contributed by atoms with Crippen LogP contribution >= 0.6 is 12.6 Å². The molecule has 0 aromatic heterocycles. The molecule has 1 aliphatic heterocycles. The van der Waals surface area contributed by atoms with Crippen molar-refractivity contribution in [1.82, 2.24) is 0 Å². The Kier molecular flexibility index (Phi) is 3.76. The van der Waals surface area contributed by atoms with Gasteiger partial charge in [0.05, 0.1) is 23.9 Å². The number of rotatable bonds is 2. The lowest BCUT2D eigenvalue weighted by atomic mass is 10.1. The predicted octanol–water partition coefficient (Wildman–Crippen LogP) is 1.38. The Morgan fingerprint density at radius 1 is 1.58 bits per heavy atom. The molecule has 98 valence electrons. The monoisotopic (exact) mass is 276 g/mol. The van der Waals surface area contributed by atoms with Crippen LogP contribution in [-0.2, 0) is 9.53 Å². The Bertz CT molecular complexity index is 580. The topological polar surface area (TPSA) is 70.4 Å². The van der Waals surface area contributed by atoms with Gasteiger partial charge in [0, 0.05) is 18.2 Å². The molecule has 1 aliphatic rings. The number of thiol groups is 1. The SMILES string of the molecule is COC(=O)c1ccc(N2CC(S)CC2=O)c(C#N)c1. The van der Waals surface area contributed by atoms with E-state index in [0.29, 0.717) is 18.7 Å². The van der Waals surface area contributed by atoms with Crippen molar-refractivity contribution in [3.8, 4) is 6.07 Å². The van der Waals surface area contributed by atoms with Crippen LogP contribution in [0.25, 0.3) is 0 Å². The maximum atomic E-state index is 11.8. The van der Waals surface area contributed by atoms with E-state index in [1.54, 1.807) is 12.1 Å². The number of esters is 1. The van der Waals surface area contributed by atoms with E-state index in [9.17, 15) is 9.59 Å². The molecule has 19 heavy (non-hydrogen) atoms. The standard InChI is InChI=1S/C13H12N2O3S/c1-18-13(17)8-2-3-11(9(4-8)6-14)15-7-10(19)5-12(15)16/h2-4,10,19H,5,7H2,1H3. The van der Waals surface area contributed by atoms with Crippen LogP contribution in [0, 0.1) is 11.3 Å². The molecule has 6 heteroatoms. The van der Waals surface area contributed by atoms with Gasteiger partial charge in [-0.15, -0.1) is 0 Å². The maximum absolute atomic E-state index is 11.8. The summed E-state index contributed by atoms with van der Waals surface area (Å²) in [5.41, 5.74) is 1.08. The summed E-state index contributed by atoms with van der Waals surface area (Å²) in [6, 6.07) is 6.57. The quantitative estimate of drug-likeness (QED) is 0.654. The van der Waals surface area contributed by atoms with Crippen molar-refractivity contribution in [3.05, 3.63) is 29.3 Å². The van der Waals surface area contributed by atoms with Gasteiger partial charge >= 0.3 is 5.97 Å². The zero-order valence-corrected chi connectivity index (χ0v) is 11.2. The van der Waals surface area contributed by atoms with E-state index in [1.165, 1.54) is 18.1 Å². The molecule has 1 fully saturated rings. The highest BCUT2D eigenvalue weighted by Crippen LogP contribution is 2.28. The van der Waals surface area contributed by atoms with Crippen molar-refractivity contribution in [2.45, 2.75) is 11.7 Å². The summed E-state index contributed by atoms with van der Waals surface area (Å²) < 4.78 is 4.60. The number of anilines is 1. The highest BCUT2D eigenvalue weighted by atomic mass is 32.1. The lowest BCUT2D eigenvalue weighted by Gasteiger charge is -2.17. The fourth-order valence-electron chi connectivity index (χ4n) is 2.03. The summed E-state index contributed by atoms with van der Waals surface area (Å²) in [5.74, 6) is -0.579. The molecule has 0 radical (unpaired) electrons. The first-order valence-corrected chi connectivity index (χ1v) is 6.19. The van der Waals surface area contributed by atoms with Crippen LogP contribution in [-0.4, -0.2) is 30.8 Å². The molecule has 5 nitrogen and oxygen atoms in total. The van der Waals surface area contributed by atoms with E-state index >= 15 is 0 Å². The van der Waals surface area contributed by atoms with E-state index in [1.807, 2.05) is 6.07 Å². The average Bonchev–Trinajstić information content (AvgIpc) is 2.75. The second-order valence-electron chi connectivity index (χ2n) is 4.20. The zero-order chi connectivity index (χ0) is 14.0. The number of amides is 1. The molecule has 0 aliphatic carbocycles. The minimum atomic E-state index is -0.511. The summed E-state index contributed by atoms with van der Waals surface area (Å²) in [6.45, 7) is 0.466. The van der Waals surface area contributed by atoms with Gasteiger partial charge in [-0.05, 0) is 18.2 Å². The molecule has 1 aromatic carbocycles. The molecule has 1 heterocycles. The Morgan fingerprint density at radius 2 is 2.32 bits per heavy atom. The highest BCUT2D eigenvalue weighted by Gasteiger charge is 2.30. The van der Waals surface area contributed by atoms with E-state index in [2.05, 4.69) is 17.4 Å². The van der Waals surface area contributed by atoms with E-state index < -0.39 is 5.97 Å². The van der Waals surface area contributed by atoms with Gasteiger partial charge in [0.15, 0.2) is 0 Å². The number of carbonyl (C=O) groups is 2. The fraction of sp³-hybridized carbons (Fsp3) is 0.308. The normalized spacial score (nSPS) is 18.3. The van der Waals surface area contributed by atoms with E-state index in [4.69, 9.17) is 5.26 Å². The van der Waals surface area contributed by atoms with Crippen LogP contribution in [0.2, 0.25) is 0 Å². The lowest BCUT2D eigenvalue weighted by Crippen LogP contribution is -2.25. The van der Waals surface area contributed by atoms with Crippen molar-refractivity contribution in [2.75, 3.05) is 18.6 Å². The number of ether oxygens (including phenoxy) is 1. The summed E-state index contributed by atoms with van der Waals surface area (Å²) in [5, 5.41) is 9.12. The number of hydrogen-bond acceptors (Lipinski definition) is 5. The summed E-state index contributed by atoms with van der Waals surface area (Å²) >= 11 is 4.27. The van der Waals surface area contributed by atoms with Gasteiger partial charge in [0.1, 0.15) is 6.07 Å². The molecule has 0 saturated carbocycles. The van der Waals surface area contributed by atoms with Crippen LogP contribution in [0.3, 0.4) is 0 Å².